The molecule has 2 aromatic carbocycles. The zero-order valence-corrected chi connectivity index (χ0v) is 12.9. The second-order valence-electron chi connectivity index (χ2n) is 5.00. The predicted molar refractivity (Wildman–Crippen MR) is 91.7 cm³/mol. The van der Waals surface area contributed by atoms with E-state index in [1.807, 2.05) is 48.5 Å². The molecule has 22 heavy (non-hydrogen) atoms. The summed E-state index contributed by atoms with van der Waals surface area (Å²) in [6, 6.07) is 20.1. The molecule has 2 nitrogen and oxygen atoms in total. The molecular weight excluding hydrogens is 270 g/mol. The third-order valence-corrected chi connectivity index (χ3v) is 3.13. The van der Waals surface area contributed by atoms with E-state index >= 15 is 0 Å². The van der Waals surface area contributed by atoms with Crippen LogP contribution in [-0.2, 0) is 11.3 Å². The number of benzene rings is 2. The highest BCUT2D eigenvalue weighted by molar-refractivity contribution is 5.60. The molecule has 1 atom stereocenters. The van der Waals surface area contributed by atoms with Crippen molar-refractivity contribution >= 4 is 6.21 Å². The molecule has 0 heterocycles. The molecule has 0 saturated carbocycles. The molecule has 0 spiro atoms. The van der Waals surface area contributed by atoms with Crippen LogP contribution in [0.4, 0.5) is 0 Å². The first-order valence-corrected chi connectivity index (χ1v) is 7.66. The van der Waals surface area contributed by atoms with Crippen molar-refractivity contribution in [3.63, 3.8) is 0 Å². The Kier molecular flexibility index (Phi) is 6.78. The standard InChI is InChI=1S/C20H21NO/c1-2-9-20(15-14-18-10-5-3-6-11-18)22-21-17-16-19-12-7-4-8-13-19/h3-8,10-13,17,20H,2,9,16H2,1H3/b21-17+. The highest BCUT2D eigenvalue weighted by atomic mass is 16.6. The van der Waals surface area contributed by atoms with E-state index in [-0.39, 0.29) is 6.10 Å². The van der Waals surface area contributed by atoms with Crippen LogP contribution in [0.15, 0.2) is 65.8 Å². The largest absolute Gasteiger partial charge is 0.380 e. The van der Waals surface area contributed by atoms with Gasteiger partial charge in [-0.3, -0.25) is 0 Å². The average molecular weight is 291 g/mol. The fraction of sp³-hybridized carbons (Fsp3) is 0.250. The average Bonchev–Trinajstić information content (AvgIpc) is 2.58. The van der Waals surface area contributed by atoms with Gasteiger partial charge in [0.2, 0.25) is 0 Å². The Labute approximate surface area is 132 Å². The zero-order valence-electron chi connectivity index (χ0n) is 12.9. The summed E-state index contributed by atoms with van der Waals surface area (Å²) in [6.07, 6.45) is 4.30. The molecule has 0 bridgehead atoms. The first-order chi connectivity index (χ1) is 10.9. The Morgan fingerprint density at radius 2 is 1.73 bits per heavy atom. The lowest BCUT2D eigenvalue weighted by Crippen LogP contribution is -2.06. The predicted octanol–water partition coefficient (Wildman–Crippen LogP) is 4.45. The van der Waals surface area contributed by atoms with Gasteiger partial charge in [0.25, 0.3) is 0 Å². The van der Waals surface area contributed by atoms with Crippen LogP contribution in [0.2, 0.25) is 0 Å². The molecule has 1 unspecified atom stereocenters. The monoisotopic (exact) mass is 291 g/mol. The maximum absolute atomic E-state index is 5.52. The van der Waals surface area contributed by atoms with Gasteiger partial charge in [0.15, 0.2) is 6.10 Å². The third-order valence-electron chi connectivity index (χ3n) is 3.13. The van der Waals surface area contributed by atoms with Crippen molar-refractivity contribution in [1.82, 2.24) is 0 Å². The van der Waals surface area contributed by atoms with E-state index in [1.165, 1.54) is 5.56 Å². The Morgan fingerprint density at radius 3 is 2.41 bits per heavy atom. The summed E-state index contributed by atoms with van der Waals surface area (Å²) in [5.41, 5.74) is 2.22. The number of rotatable bonds is 6. The van der Waals surface area contributed by atoms with Gasteiger partial charge in [-0.25, -0.2) is 0 Å². The van der Waals surface area contributed by atoms with E-state index in [9.17, 15) is 0 Å². The van der Waals surface area contributed by atoms with Gasteiger partial charge in [-0.05, 0) is 24.1 Å². The fourth-order valence-electron chi connectivity index (χ4n) is 1.97. The van der Waals surface area contributed by atoms with Crippen molar-refractivity contribution < 1.29 is 4.84 Å². The van der Waals surface area contributed by atoms with Gasteiger partial charge in [0, 0.05) is 18.2 Å². The smallest absolute Gasteiger partial charge is 0.187 e. The second kappa shape index (κ2) is 9.41. The van der Waals surface area contributed by atoms with Crippen molar-refractivity contribution in [2.24, 2.45) is 5.16 Å². The summed E-state index contributed by atoms with van der Waals surface area (Å²) in [5, 5.41) is 4.07. The van der Waals surface area contributed by atoms with Crippen LogP contribution in [0.3, 0.4) is 0 Å². The second-order valence-corrected chi connectivity index (χ2v) is 5.00. The zero-order chi connectivity index (χ0) is 15.5. The molecule has 2 aromatic rings. The van der Waals surface area contributed by atoms with E-state index in [0.717, 1.165) is 24.8 Å². The van der Waals surface area contributed by atoms with Gasteiger partial charge in [-0.1, -0.05) is 78.9 Å². The molecule has 0 aliphatic carbocycles. The topological polar surface area (TPSA) is 21.6 Å². The number of hydrogen-bond acceptors (Lipinski definition) is 2. The minimum atomic E-state index is -0.155. The summed E-state index contributed by atoms with van der Waals surface area (Å²) in [4.78, 5) is 5.52. The van der Waals surface area contributed by atoms with E-state index in [4.69, 9.17) is 4.84 Å². The van der Waals surface area contributed by atoms with Gasteiger partial charge >= 0.3 is 0 Å². The molecule has 0 radical (unpaired) electrons. The Bertz CT molecular complexity index is 623. The molecule has 112 valence electrons. The first kappa shape index (κ1) is 15.9. The lowest BCUT2D eigenvalue weighted by molar-refractivity contribution is 0.0935. The summed E-state index contributed by atoms with van der Waals surface area (Å²) in [5.74, 6) is 6.29. The van der Waals surface area contributed by atoms with Gasteiger partial charge in [0.1, 0.15) is 0 Å². The van der Waals surface area contributed by atoms with Crippen LogP contribution in [-0.4, -0.2) is 12.3 Å². The van der Waals surface area contributed by atoms with Crippen LogP contribution in [0.5, 0.6) is 0 Å². The molecule has 0 aliphatic rings. The van der Waals surface area contributed by atoms with Crippen molar-refractivity contribution in [1.29, 1.82) is 0 Å². The van der Waals surface area contributed by atoms with Crippen molar-refractivity contribution in [3.05, 3.63) is 71.8 Å². The lowest BCUT2D eigenvalue weighted by Gasteiger charge is -2.06. The Balaban J connectivity index is 1.88. The fourth-order valence-corrected chi connectivity index (χ4v) is 1.97. The summed E-state index contributed by atoms with van der Waals surface area (Å²) in [7, 11) is 0. The minimum Gasteiger partial charge on any atom is -0.380 e. The van der Waals surface area contributed by atoms with E-state index in [1.54, 1.807) is 6.21 Å². The molecule has 0 saturated heterocycles. The Morgan fingerprint density at radius 1 is 1.05 bits per heavy atom. The van der Waals surface area contributed by atoms with E-state index in [0.29, 0.717) is 0 Å². The third kappa shape index (κ3) is 5.85. The van der Waals surface area contributed by atoms with Crippen LogP contribution in [0, 0.1) is 11.8 Å². The molecule has 0 N–H and O–H groups in total. The first-order valence-electron chi connectivity index (χ1n) is 7.66. The molecule has 0 amide bonds. The Hall–Kier alpha value is -2.53. The van der Waals surface area contributed by atoms with E-state index in [2.05, 4.69) is 36.1 Å². The maximum atomic E-state index is 5.52. The molecule has 2 rings (SSSR count). The summed E-state index contributed by atoms with van der Waals surface area (Å²) >= 11 is 0. The highest BCUT2D eigenvalue weighted by Gasteiger charge is 2.03. The molecule has 2 heteroatoms. The highest BCUT2D eigenvalue weighted by Crippen LogP contribution is 2.03. The molecule has 0 aromatic heterocycles. The maximum Gasteiger partial charge on any atom is 0.187 e. The number of nitrogens with zero attached hydrogens (tertiary/aromatic N) is 1. The number of hydrogen-bond donors (Lipinski definition) is 0. The summed E-state index contributed by atoms with van der Waals surface area (Å²) < 4.78 is 0. The van der Waals surface area contributed by atoms with Crippen LogP contribution in [0.25, 0.3) is 0 Å². The summed E-state index contributed by atoms with van der Waals surface area (Å²) in [6.45, 7) is 2.12. The minimum absolute atomic E-state index is 0.155. The van der Waals surface area contributed by atoms with Crippen LogP contribution < -0.4 is 0 Å². The van der Waals surface area contributed by atoms with E-state index < -0.39 is 0 Å². The van der Waals surface area contributed by atoms with Gasteiger partial charge in [-0.15, -0.1) is 0 Å². The molecule has 0 aliphatic heterocycles. The molecule has 0 fully saturated rings. The van der Waals surface area contributed by atoms with Crippen molar-refractivity contribution in [2.75, 3.05) is 0 Å². The van der Waals surface area contributed by atoms with Gasteiger partial charge < -0.3 is 4.84 Å². The lowest BCUT2D eigenvalue weighted by atomic mass is 10.2. The van der Waals surface area contributed by atoms with Crippen LogP contribution >= 0.6 is 0 Å². The number of oxime groups is 1. The SMILES string of the molecule is CCCC(C#Cc1ccccc1)O/N=C/Cc1ccccc1. The van der Waals surface area contributed by atoms with Gasteiger partial charge in [-0.2, -0.15) is 0 Å². The molecular formula is C20H21NO. The van der Waals surface area contributed by atoms with Crippen molar-refractivity contribution in [3.8, 4) is 11.8 Å². The normalized spacial score (nSPS) is 11.7. The van der Waals surface area contributed by atoms with Crippen molar-refractivity contribution in [2.45, 2.75) is 32.3 Å². The van der Waals surface area contributed by atoms with Crippen LogP contribution in [0.1, 0.15) is 30.9 Å². The quantitative estimate of drug-likeness (QED) is 0.437. The van der Waals surface area contributed by atoms with Gasteiger partial charge in [0.05, 0.1) is 0 Å².